The summed E-state index contributed by atoms with van der Waals surface area (Å²) in [5, 5.41) is 0. The number of ketones is 2. The molecule has 0 aliphatic rings. The molecule has 1 aromatic carbocycles. The summed E-state index contributed by atoms with van der Waals surface area (Å²) in [6, 6.07) is 6.99. The number of benzene rings is 1. The fourth-order valence-corrected chi connectivity index (χ4v) is 1.67. The highest BCUT2D eigenvalue weighted by Gasteiger charge is 2.15. The summed E-state index contributed by atoms with van der Waals surface area (Å²) < 4.78 is 10.5. The molecule has 19 heavy (non-hydrogen) atoms. The van der Waals surface area contributed by atoms with Crippen molar-refractivity contribution in [1.29, 1.82) is 0 Å². The van der Waals surface area contributed by atoms with Crippen molar-refractivity contribution < 1.29 is 19.1 Å². The predicted molar refractivity (Wildman–Crippen MR) is 72.7 cm³/mol. The third-order valence-corrected chi connectivity index (χ3v) is 2.57. The molecule has 4 nitrogen and oxygen atoms in total. The zero-order chi connectivity index (χ0) is 14.1. The molecule has 0 bridgehead atoms. The Labute approximate surface area is 113 Å². The first-order chi connectivity index (χ1) is 9.19. The van der Waals surface area contributed by atoms with Gasteiger partial charge in [0.05, 0.1) is 25.2 Å². The van der Waals surface area contributed by atoms with Crippen molar-refractivity contribution in [1.82, 2.24) is 0 Å². The quantitative estimate of drug-likeness (QED) is 0.391. The van der Waals surface area contributed by atoms with E-state index in [0.717, 1.165) is 0 Å². The van der Waals surface area contributed by atoms with Crippen LogP contribution in [0, 0.1) is 0 Å². The summed E-state index contributed by atoms with van der Waals surface area (Å²) >= 11 is 0. The van der Waals surface area contributed by atoms with Crippen LogP contribution in [0.1, 0.15) is 37.0 Å². The molecule has 0 aliphatic heterocycles. The highest BCUT2D eigenvalue weighted by molar-refractivity contribution is 6.09. The van der Waals surface area contributed by atoms with Crippen LogP contribution < -0.4 is 4.74 Å². The summed E-state index contributed by atoms with van der Waals surface area (Å²) in [4.78, 5) is 23.7. The van der Waals surface area contributed by atoms with E-state index in [2.05, 4.69) is 0 Å². The highest BCUT2D eigenvalue weighted by Crippen LogP contribution is 2.19. The average molecular weight is 264 g/mol. The molecule has 0 atom stereocenters. The Kier molecular flexibility index (Phi) is 6.82. The van der Waals surface area contributed by atoms with Gasteiger partial charge in [0.25, 0.3) is 0 Å². The first kappa shape index (κ1) is 15.4. The largest absolute Gasteiger partial charge is 0.493 e. The first-order valence-corrected chi connectivity index (χ1v) is 6.53. The molecule has 1 rings (SSSR count). The van der Waals surface area contributed by atoms with Crippen LogP contribution >= 0.6 is 0 Å². The minimum atomic E-state index is -0.203. The minimum Gasteiger partial charge on any atom is -0.493 e. The molecule has 104 valence electrons. The van der Waals surface area contributed by atoms with Gasteiger partial charge in [-0.3, -0.25) is 9.59 Å². The van der Waals surface area contributed by atoms with Crippen molar-refractivity contribution in [3.8, 4) is 5.75 Å². The van der Waals surface area contributed by atoms with E-state index in [4.69, 9.17) is 9.47 Å². The maximum atomic E-state index is 12.0. The Bertz CT molecular complexity index is 426. The summed E-state index contributed by atoms with van der Waals surface area (Å²) in [7, 11) is 0. The third kappa shape index (κ3) is 5.22. The summed E-state index contributed by atoms with van der Waals surface area (Å²) in [5.74, 6) is 0.225. The molecule has 0 fully saturated rings. The molecule has 0 amide bonds. The van der Waals surface area contributed by atoms with Gasteiger partial charge in [-0.25, -0.2) is 0 Å². The zero-order valence-electron chi connectivity index (χ0n) is 11.5. The lowest BCUT2D eigenvalue weighted by atomic mass is 10.0. The van der Waals surface area contributed by atoms with Gasteiger partial charge in [0.2, 0.25) is 0 Å². The Balaban J connectivity index is 2.60. The normalized spacial score (nSPS) is 10.2. The highest BCUT2D eigenvalue weighted by atomic mass is 16.5. The topological polar surface area (TPSA) is 52.6 Å². The summed E-state index contributed by atoms with van der Waals surface area (Å²) in [6.45, 7) is 5.16. The van der Waals surface area contributed by atoms with E-state index in [1.807, 2.05) is 13.8 Å². The average Bonchev–Trinajstić information content (AvgIpc) is 2.40. The lowest BCUT2D eigenvalue weighted by molar-refractivity contribution is -0.119. The maximum Gasteiger partial charge on any atom is 0.173 e. The van der Waals surface area contributed by atoms with Crippen LogP contribution in [0.2, 0.25) is 0 Å². The molecular weight excluding hydrogens is 244 g/mol. The lowest BCUT2D eigenvalue weighted by Gasteiger charge is -2.08. The minimum absolute atomic E-state index is 0.100. The number of Topliss-reactive ketones (excluding diaryl/α,β-unsaturated/α-hetero) is 2. The van der Waals surface area contributed by atoms with E-state index < -0.39 is 0 Å². The van der Waals surface area contributed by atoms with Crippen LogP contribution in [0.15, 0.2) is 24.3 Å². The SMILES string of the molecule is CCOCCC(=O)CC(=O)c1ccccc1OCC. The summed E-state index contributed by atoms with van der Waals surface area (Å²) in [5.41, 5.74) is 0.467. The van der Waals surface area contributed by atoms with Crippen LogP contribution in [-0.4, -0.2) is 31.4 Å². The molecule has 0 spiro atoms. The molecular formula is C15H20O4. The van der Waals surface area contributed by atoms with Crippen molar-refractivity contribution in [2.75, 3.05) is 19.8 Å². The van der Waals surface area contributed by atoms with Crippen LogP contribution in [0.4, 0.5) is 0 Å². The Morgan fingerprint density at radius 1 is 1.11 bits per heavy atom. The van der Waals surface area contributed by atoms with Gasteiger partial charge in [0, 0.05) is 13.0 Å². The lowest BCUT2D eigenvalue weighted by Crippen LogP contribution is -2.12. The Hall–Kier alpha value is -1.68. The molecule has 0 saturated carbocycles. The number of ether oxygens (including phenoxy) is 2. The van der Waals surface area contributed by atoms with Crippen LogP contribution in [0.5, 0.6) is 5.75 Å². The maximum absolute atomic E-state index is 12.0. The number of rotatable bonds is 9. The number of hydrogen-bond donors (Lipinski definition) is 0. The number of carbonyl (C=O) groups excluding carboxylic acids is 2. The second-order valence-electron chi connectivity index (χ2n) is 4.01. The van der Waals surface area contributed by atoms with Crippen molar-refractivity contribution in [3.05, 3.63) is 29.8 Å². The Morgan fingerprint density at radius 2 is 1.84 bits per heavy atom. The molecule has 0 aliphatic carbocycles. The molecule has 0 heterocycles. The number of hydrogen-bond acceptors (Lipinski definition) is 4. The van der Waals surface area contributed by atoms with Crippen molar-refractivity contribution >= 4 is 11.6 Å². The van der Waals surface area contributed by atoms with Gasteiger partial charge < -0.3 is 9.47 Å². The van der Waals surface area contributed by atoms with E-state index in [9.17, 15) is 9.59 Å². The fourth-order valence-electron chi connectivity index (χ4n) is 1.67. The number of para-hydroxylation sites is 1. The molecule has 4 heteroatoms. The van der Waals surface area contributed by atoms with E-state index in [1.54, 1.807) is 24.3 Å². The second-order valence-corrected chi connectivity index (χ2v) is 4.01. The molecule has 0 saturated heterocycles. The zero-order valence-corrected chi connectivity index (χ0v) is 11.5. The van der Waals surface area contributed by atoms with Gasteiger partial charge in [-0.2, -0.15) is 0 Å². The van der Waals surface area contributed by atoms with Crippen molar-refractivity contribution in [2.24, 2.45) is 0 Å². The van der Waals surface area contributed by atoms with Crippen LogP contribution in [0.3, 0.4) is 0 Å². The van der Waals surface area contributed by atoms with Gasteiger partial charge in [0.1, 0.15) is 11.5 Å². The van der Waals surface area contributed by atoms with Crippen LogP contribution in [-0.2, 0) is 9.53 Å². The molecule has 0 radical (unpaired) electrons. The van der Waals surface area contributed by atoms with Crippen molar-refractivity contribution in [3.63, 3.8) is 0 Å². The smallest absolute Gasteiger partial charge is 0.173 e. The van der Waals surface area contributed by atoms with E-state index in [1.165, 1.54) is 0 Å². The molecule has 0 aromatic heterocycles. The fraction of sp³-hybridized carbons (Fsp3) is 0.467. The van der Waals surface area contributed by atoms with Gasteiger partial charge in [0.15, 0.2) is 5.78 Å². The van der Waals surface area contributed by atoms with E-state index in [0.29, 0.717) is 31.1 Å². The monoisotopic (exact) mass is 264 g/mol. The van der Waals surface area contributed by atoms with E-state index >= 15 is 0 Å². The predicted octanol–water partition coefficient (Wildman–Crippen LogP) is 2.65. The van der Waals surface area contributed by atoms with Crippen LogP contribution in [0.25, 0.3) is 0 Å². The summed E-state index contributed by atoms with van der Waals surface area (Å²) in [6.07, 6.45) is 0.174. The molecule has 1 aromatic rings. The standard InChI is InChI=1S/C15H20O4/c1-3-18-10-9-12(16)11-14(17)13-7-5-6-8-15(13)19-4-2/h5-8H,3-4,9-11H2,1-2H3. The van der Waals surface area contributed by atoms with Gasteiger partial charge >= 0.3 is 0 Å². The van der Waals surface area contributed by atoms with Gasteiger partial charge in [-0.15, -0.1) is 0 Å². The molecule has 0 unspecified atom stereocenters. The van der Waals surface area contributed by atoms with Gasteiger partial charge in [-0.1, -0.05) is 12.1 Å². The first-order valence-electron chi connectivity index (χ1n) is 6.53. The molecule has 0 N–H and O–H groups in total. The van der Waals surface area contributed by atoms with Crippen molar-refractivity contribution in [2.45, 2.75) is 26.7 Å². The number of carbonyl (C=O) groups is 2. The third-order valence-electron chi connectivity index (χ3n) is 2.57. The Morgan fingerprint density at radius 3 is 2.53 bits per heavy atom. The second kappa shape index (κ2) is 8.43. The van der Waals surface area contributed by atoms with E-state index in [-0.39, 0.29) is 24.4 Å². The van der Waals surface area contributed by atoms with Gasteiger partial charge in [-0.05, 0) is 26.0 Å².